The summed E-state index contributed by atoms with van der Waals surface area (Å²) in [7, 11) is 1.59. The first kappa shape index (κ1) is 24.5. The number of aryl methyl sites for hydroxylation is 1. The number of aromatic nitrogens is 2. The van der Waals surface area contributed by atoms with E-state index in [2.05, 4.69) is 15.6 Å². The quantitative estimate of drug-likeness (QED) is 0.492. The van der Waals surface area contributed by atoms with E-state index >= 15 is 0 Å². The second kappa shape index (κ2) is 9.72. The summed E-state index contributed by atoms with van der Waals surface area (Å²) in [6, 6.07) is 15.0. The monoisotopic (exact) mass is 501 g/mol. The molecule has 0 radical (unpaired) electrons. The van der Waals surface area contributed by atoms with Gasteiger partial charge in [-0.25, -0.2) is 4.98 Å². The van der Waals surface area contributed by atoms with Gasteiger partial charge in [0, 0.05) is 23.8 Å². The third-order valence-electron chi connectivity index (χ3n) is 7.16. The molecule has 1 atom stereocenters. The van der Waals surface area contributed by atoms with Crippen LogP contribution in [0.4, 0.5) is 5.69 Å². The van der Waals surface area contributed by atoms with Crippen molar-refractivity contribution >= 4 is 23.4 Å². The van der Waals surface area contributed by atoms with Gasteiger partial charge in [-0.2, -0.15) is 0 Å². The molecule has 0 bridgehead atoms. The summed E-state index contributed by atoms with van der Waals surface area (Å²) >= 11 is 0. The Morgan fingerprint density at radius 1 is 1.11 bits per heavy atom. The van der Waals surface area contributed by atoms with Gasteiger partial charge in [-0.05, 0) is 43.9 Å². The number of anilines is 1. The number of benzene rings is 2. The lowest BCUT2D eigenvalue weighted by atomic mass is 9.93. The molecule has 3 aromatic rings. The molecule has 1 aliphatic heterocycles. The Balaban J connectivity index is 1.41. The molecule has 37 heavy (non-hydrogen) atoms. The lowest BCUT2D eigenvalue weighted by Crippen LogP contribution is -2.64. The standard InChI is InChI=1S/C28H31N5O4/c1-4-18-9-5-7-11-21(18)31-25(34)23-24-26(35)33(20-13-14-20)28(2,16-32(24)17-30-23)27(36)29-15-19-10-6-8-12-22(19)37-3/h5-12,17,20H,4,13-16H2,1-3H3,(H,29,36)(H,31,34)/t28-/m1/s1. The molecular formula is C28H31N5O4. The predicted octanol–water partition coefficient (Wildman–Crippen LogP) is 3.40. The molecule has 2 N–H and O–H groups in total. The average Bonchev–Trinajstić information content (AvgIpc) is 3.64. The first-order valence-electron chi connectivity index (χ1n) is 12.6. The Kier molecular flexibility index (Phi) is 6.45. The summed E-state index contributed by atoms with van der Waals surface area (Å²) in [6.07, 6.45) is 3.87. The van der Waals surface area contributed by atoms with E-state index < -0.39 is 11.4 Å². The smallest absolute Gasteiger partial charge is 0.276 e. The van der Waals surface area contributed by atoms with E-state index in [1.807, 2.05) is 55.5 Å². The number of fused-ring (bicyclic) bond motifs is 1. The third-order valence-corrected chi connectivity index (χ3v) is 7.16. The number of nitrogens with one attached hydrogen (secondary N) is 2. The zero-order valence-corrected chi connectivity index (χ0v) is 21.3. The highest BCUT2D eigenvalue weighted by molar-refractivity contribution is 6.12. The Labute approximate surface area is 215 Å². The number of rotatable bonds is 8. The molecule has 192 valence electrons. The summed E-state index contributed by atoms with van der Waals surface area (Å²) in [5.41, 5.74) is 1.69. The predicted molar refractivity (Wildman–Crippen MR) is 138 cm³/mol. The fraction of sp³-hybridized carbons (Fsp3) is 0.357. The van der Waals surface area contributed by atoms with Crippen molar-refractivity contribution in [3.63, 3.8) is 0 Å². The van der Waals surface area contributed by atoms with Gasteiger partial charge < -0.3 is 24.8 Å². The van der Waals surface area contributed by atoms with Crippen LogP contribution in [0.1, 0.15) is 58.8 Å². The van der Waals surface area contributed by atoms with Gasteiger partial charge in [-0.3, -0.25) is 14.4 Å². The molecular weight excluding hydrogens is 470 g/mol. The van der Waals surface area contributed by atoms with Crippen LogP contribution in [0, 0.1) is 0 Å². The van der Waals surface area contributed by atoms with Crippen molar-refractivity contribution in [1.82, 2.24) is 19.8 Å². The highest BCUT2D eigenvalue weighted by Gasteiger charge is 2.53. The molecule has 0 spiro atoms. The molecule has 2 aliphatic rings. The van der Waals surface area contributed by atoms with Crippen LogP contribution in [0.5, 0.6) is 5.75 Å². The van der Waals surface area contributed by atoms with Gasteiger partial charge in [-0.15, -0.1) is 0 Å². The van der Waals surface area contributed by atoms with Gasteiger partial charge in [0.1, 0.15) is 17.0 Å². The number of nitrogens with zero attached hydrogens (tertiary/aromatic N) is 3. The first-order valence-corrected chi connectivity index (χ1v) is 12.6. The molecule has 2 heterocycles. The number of para-hydroxylation sites is 2. The molecule has 9 nitrogen and oxygen atoms in total. The largest absolute Gasteiger partial charge is 0.496 e. The van der Waals surface area contributed by atoms with E-state index in [4.69, 9.17) is 4.74 Å². The molecule has 5 rings (SSSR count). The van der Waals surface area contributed by atoms with E-state index in [-0.39, 0.29) is 42.3 Å². The van der Waals surface area contributed by atoms with E-state index in [9.17, 15) is 14.4 Å². The van der Waals surface area contributed by atoms with Crippen LogP contribution in [-0.4, -0.2) is 50.9 Å². The van der Waals surface area contributed by atoms with Crippen LogP contribution in [0.3, 0.4) is 0 Å². The SMILES string of the molecule is CCc1ccccc1NC(=O)c1ncn2c1C(=O)N(C1CC1)[C@@](C)(C(=O)NCc1ccccc1OC)C2. The van der Waals surface area contributed by atoms with Gasteiger partial charge in [0.25, 0.3) is 11.8 Å². The number of hydrogen-bond acceptors (Lipinski definition) is 5. The molecule has 0 unspecified atom stereocenters. The lowest BCUT2D eigenvalue weighted by molar-refractivity contribution is -0.133. The van der Waals surface area contributed by atoms with E-state index in [0.29, 0.717) is 11.4 Å². The van der Waals surface area contributed by atoms with Crippen LogP contribution in [0.2, 0.25) is 0 Å². The van der Waals surface area contributed by atoms with Crippen LogP contribution < -0.4 is 15.4 Å². The number of methoxy groups -OCH3 is 1. The third kappa shape index (κ3) is 4.45. The number of ether oxygens (including phenoxy) is 1. The zero-order chi connectivity index (χ0) is 26.2. The van der Waals surface area contributed by atoms with Crippen molar-refractivity contribution in [2.24, 2.45) is 0 Å². The Hall–Kier alpha value is -4.14. The maximum absolute atomic E-state index is 13.8. The van der Waals surface area contributed by atoms with E-state index in [1.165, 1.54) is 6.33 Å². The summed E-state index contributed by atoms with van der Waals surface area (Å²) in [4.78, 5) is 46.6. The fourth-order valence-corrected chi connectivity index (χ4v) is 5.07. The topological polar surface area (TPSA) is 106 Å². The Morgan fingerprint density at radius 3 is 2.51 bits per heavy atom. The summed E-state index contributed by atoms with van der Waals surface area (Å²) in [5.74, 6) is -0.372. The minimum Gasteiger partial charge on any atom is -0.496 e. The fourth-order valence-electron chi connectivity index (χ4n) is 5.07. The van der Waals surface area contributed by atoms with Crippen molar-refractivity contribution in [3.05, 3.63) is 77.4 Å². The molecule has 0 saturated heterocycles. The van der Waals surface area contributed by atoms with Gasteiger partial charge in [0.2, 0.25) is 5.91 Å². The normalized spacial score (nSPS) is 18.8. The highest BCUT2D eigenvalue weighted by Crippen LogP contribution is 2.39. The lowest BCUT2D eigenvalue weighted by Gasteiger charge is -2.44. The second-order valence-corrected chi connectivity index (χ2v) is 9.71. The van der Waals surface area contributed by atoms with Crippen LogP contribution in [0.15, 0.2) is 54.9 Å². The van der Waals surface area contributed by atoms with Crippen LogP contribution in [-0.2, 0) is 24.3 Å². The zero-order valence-electron chi connectivity index (χ0n) is 21.3. The second-order valence-electron chi connectivity index (χ2n) is 9.71. The minimum atomic E-state index is -1.13. The van der Waals surface area contributed by atoms with Gasteiger partial charge in [0.15, 0.2) is 5.69 Å². The molecule has 2 aromatic carbocycles. The van der Waals surface area contributed by atoms with Crippen molar-refractivity contribution in [3.8, 4) is 5.75 Å². The number of amides is 3. The Morgan fingerprint density at radius 2 is 1.81 bits per heavy atom. The van der Waals surface area contributed by atoms with Gasteiger partial charge >= 0.3 is 0 Å². The first-order chi connectivity index (χ1) is 17.9. The minimum absolute atomic E-state index is 0.0464. The number of carbonyl (C=O) groups is 3. The maximum atomic E-state index is 13.8. The molecule has 9 heteroatoms. The molecule has 1 saturated carbocycles. The van der Waals surface area contributed by atoms with E-state index in [1.54, 1.807) is 23.5 Å². The Bertz CT molecular complexity index is 1360. The average molecular weight is 502 g/mol. The van der Waals surface area contributed by atoms with Gasteiger partial charge in [-0.1, -0.05) is 43.3 Å². The van der Waals surface area contributed by atoms with Crippen LogP contribution >= 0.6 is 0 Å². The summed E-state index contributed by atoms with van der Waals surface area (Å²) in [6.45, 7) is 4.27. The molecule has 1 aliphatic carbocycles. The van der Waals surface area contributed by atoms with Crippen molar-refractivity contribution < 1.29 is 19.1 Å². The summed E-state index contributed by atoms with van der Waals surface area (Å²) in [5, 5.41) is 5.91. The van der Waals surface area contributed by atoms with Crippen molar-refractivity contribution in [2.45, 2.75) is 57.8 Å². The number of carbonyl (C=O) groups excluding carboxylic acids is 3. The summed E-state index contributed by atoms with van der Waals surface area (Å²) < 4.78 is 7.03. The highest BCUT2D eigenvalue weighted by atomic mass is 16.5. The maximum Gasteiger partial charge on any atom is 0.276 e. The molecule has 1 fully saturated rings. The van der Waals surface area contributed by atoms with Crippen molar-refractivity contribution in [2.75, 3.05) is 12.4 Å². The van der Waals surface area contributed by atoms with E-state index in [0.717, 1.165) is 30.4 Å². The molecule has 3 amide bonds. The number of imidazole rings is 1. The van der Waals surface area contributed by atoms with Gasteiger partial charge in [0.05, 0.1) is 20.0 Å². The molecule has 1 aromatic heterocycles. The number of hydrogen-bond donors (Lipinski definition) is 2. The van der Waals surface area contributed by atoms with Crippen LogP contribution in [0.25, 0.3) is 0 Å². The van der Waals surface area contributed by atoms with Crippen molar-refractivity contribution in [1.29, 1.82) is 0 Å².